The third-order valence-corrected chi connectivity index (χ3v) is 9.66. The number of ketones is 1. The van der Waals surface area contributed by atoms with Crippen LogP contribution < -0.4 is 11.1 Å². The molecule has 7 heteroatoms. The average Bonchev–Trinajstić information content (AvgIpc) is 3.13. The summed E-state index contributed by atoms with van der Waals surface area (Å²) in [6, 6.07) is 3.81. The van der Waals surface area contributed by atoms with E-state index in [2.05, 4.69) is 10.3 Å². The van der Waals surface area contributed by atoms with Crippen LogP contribution in [-0.4, -0.2) is 23.3 Å². The summed E-state index contributed by atoms with van der Waals surface area (Å²) in [5.74, 6) is 1.54. The average molecular weight is 478 g/mol. The molecule has 0 saturated heterocycles. The molecule has 2 aromatic heterocycles. The van der Waals surface area contributed by atoms with E-state index in [0.717, 1.165) is 41.1 Å². The molecule has 0 radical (unpaired) electrons. The Morgan fingerprint density at radius 3 is 2.35 bits per heavy atom. The number of anilines is 2. The SMILES string of the molecule is CCOC(=O)C1=C(C)Nc2sc(C(=O)C34CC5CC(CC(C5)C3)C4)c(N)c2C1c1ccncc1. The number of esters is 1. The molecule has 3 heterocycles. The van der Waals surface area contributed by atoms with Crippen molar-refractivity contribution >= 4 is 33.8 Å². The maximum Gasteiger partial charge on any atom is 0.336 e. The third-order valence-electron chi connectivity index (χ3n) is 8.53. The second kappa shape index (κ2) is 7.94. The number of carbonyl (C=O) groups is 2. The highest BCUT2D eigenvalue weighted by Crippen LogP contribution is 2.62. The molecule has 2 aromatic rings. The molecular formula is C27H31N3O3S. The fourth-order valence-corrected chi connectivity index (χ4v) is 8.88. The monoisotopic (exact) mass is 477 g/mol. The summed E-state index contributed by atoms with van der Waals surface area (Å²) in [6.07, 6.45) is 10.3. The van der Waals surface area contributed by atoms with Gasteiger partial charge in [0, 0.05) is 35.0 Å². The van der Waals surface area contributed by atoms with Crippen molar-refractivity contribution in [3.63, 3.8) is 0 Å². The van der Waals surface area contributed by atoms with Gasteiger partial charge in [-0.2, -0.15) is 0 Å². The van der Waals surface area contributed by atoms with Crippen molar-refractivity contribution in [2.75, 3.05) is 17.7 Å². The van der Waals surface area contributed by atoms with E-state index in [9.17, 15) is 9.59 Å². The minimum absolute atomic E-state index is 0.231. The molecule has 1 atom stereocenters. The van der Waals surface area contributed by atoms with Gasteiger partial charge >= 0.3 is 5.97 Å². The van der Waals surface area contributed by atoms with Crippen LogP contribution >= 0.6 is 11.3 Å². The summed E-state index contributed by atoms with van der Waals surface area (Å²) in [7, 11) is 0. The molecule has 5 aliphatic rings. The first kappa shape index (κ1) is 21.8. The van der Waals surface area contributed by atoms with E-state index in [1.54, 1.807) is 19.3 Å². The zero-order valence-corrected chi connectivity index (χ0v) is 20.5. The summed E-state index contributed by atoms with van der Waals surface area (Å²) < 4.78 is 5.42. The van der Waals surface area contributed by atoms with Gasteiger partial charge in [0.1, 0.15) is 0 Å². The zero-order chi connectivity index (χ0) is 23.6. The molecule has 0 aromatic carbocycles. The molecule has 1 unspecified atom stereocenters. The van der Waals surface area contributed by atoms with Crippen LogP contribution in [-0.2, 0) is 9.53 Å². The largest absolute Gasteiger partial charge is 0.463 e. The first-order valence-corrected chi connectivity index (χ1v) is 13.2. The molecule has 7 rings (SSSR count). The zero-order valence-electron chi connectivity index (χ0n) is 19.7. The first-order valence-electron chi connectivity index (χ1n) is 12.4. The van der Waals surface area contributed by atoms with E-state index in [4.69, 9.17) is 10.5 Å². The lowest BCUT2D eigenvalue weighted by atomic mass is 9.48. The number of fused-ring (bicyclic) bond motifs is 1. The van der Waals surface area contributed by atoms with Gasteiger partial charge in [-0.15, -0.1) is 11.3 Å². The van der Waals surface area contributed by atoms with Crippen LogP contribution in [0.5, 0.6) is 0 Å². The number of ether oxygens (including phenoxy) is 1. The van der Waals surface area contributed by atoms with Crippen molar-refractivity contribution in [3.8, 4) is 0 Å². The minimum Gasteiger partial charge on any atom is -0.463 e. The van der Waals surface area contributed by atoms with E-state index >= 15 is 0 Å². The number of pyridine rings is 1. The van der Waals surface area contributed by atoms with E-state index in [0.29, 0.717) is 40.5 Å². The Hall–Kier alpha value is -2.67. The third kappa shape index (κ3) is 3.23. The van der Waals surface area contributed by atoms with E-state index < -0.39 is 5.92 Å². The fourth-order valence-electron chi connectivity index (χ4n) is 7.60. The number of rotatable bonds is 5. The number of nitrogen functional groups attached to an aromatic ring is 1. The van der Waals surface area contributed by atoms with Crippen LogP contribution in [0.15, 0.2) is 35.8 Å². The van der Waals surface area contributed by atoms with E-state index in [1.807, 2.05) is 19.1 Å². The molecule has 34 heavy (non-hydrogen) atoms. The van der Waals surface area contributed by atoms with Crippen LogP contribution in [0.4, 0.5) is 10.7 Å². The van der Waals surface area contributed by atoms with Gasteiger partial charge in [0.05, 0.1) is 27.7 Å². The number of nitrogens with two attached hydrogens (primary N) is 1. The van der Waals surface area contributed by atoms with E-state index in [1.165, 1.54) is 30.6 Å². The summed E-state index contributed by atoms with van der Waals surface area (Å²) >= 11 is 1.46. The van der Waals surface area contributed by atoms with Gasteiger partial charge < -0.3 is 15.8 Å². The van der Waals surface area contributed by atoms with Gasteiger partial charge in [-0.25, -0.2) is 4.79 Å². The van der Waals surface area contributed by atoms with Crippen molar-refractivity contribution in [1.29, 1.82) is 0 Å². The maximum absolute atomic E-state index is 14.2. The van der Waals surface area contributed by atoms with Crippen molar-refractivity contribution in [2.45, 2.75) is 58.3 Å². The summed E-state index contributed by atoms with van der Waals surface area (Å²) in [5, 5.41) is 4.25. The van der Waals surface area contributed by atoms with Gasteiger partial charge in [0.25, 0.3) is 0 Å². The lowest BCUT2D eigenvalue weighted by Gasteiger charge is -2.55. The number of allylic oxidation sites excluding steroid dienone is 1. The van der Waals surface area contributed by atoms with Crippen LogP contribution in [0.1, 0.15) is 79.1 Å². The lowest BCUT2D eigenvalue weighted by Crippen LogP contribution is -2.50. The lowest BCUT2D eigenvalue weighted by molar-refractivity contribution is -0.138. The van der Waals surface area contributed by atoms with Crippen molar-refractivity contribution in [3.05, 3.63) is 51.8 Å². The molecule has 4 saturated carbocycles. The standard InChI is InChI=1S/C27H31N3O3S/c1-3-33-26(32)19-14(2)30-25-21(20(19)18-4-6-29-7-5-18)22(28)23(34-25)24(31)27-11-15-8-16(12-27)10-17(9-15)13-27/h4-7,15-17,20,30H,3,8-13,28H2,1-2H3. The Morgan fingerprint density at radius 1 is 1.15 bits per heavy atom. The number of thiophene rings is 1. The Kier molecular flexibility index (Phi) is 5.10. The van der Waals surface area contributed by atoms with Gasteiger partial charge in [-0.3, -0.25) is 9.78 Å². The summed E-state index contributed by atoms with van der Waals surface area (Å²) in [6.45, 7) is 3.98. The van der Waals surface area contributed by atoms with Crippen molar-refractivity contribution in [1.82, 2.24) is 4.98 Å². The Bertz CT molecular complexity index is 1160. The fraction of sp³-hybridized carbons (Fsp3) is 0.519. The highest BCUT2D eigenvalue weighted by Gasteiger charge is 2.55. The normalized spacial score (nSPS) is 31.2. The second-order valence-corrected chi connectivity index (χ2v) is 11.7. The van der Waals surface area contributed by atoms with Gasteiger partial charge in [-0.05, 0) is 87.8 Å². The number of aromatic nitrogens is 1. The number of hydrogen-bond donors (Lipinski definition) is 2. The van der Waals surface area contributed by atoms with E-state index in [-0.39, 0.29) is 17.2 Å². The molecule has 4 fully saturated rings. The molecule has 4 aliphatic carbocycles. The number of hydrogen-bond acceptors (Lipinski definition) is 7. The molecule has 6 nitrogen and oxygen atoms in total. The van der Waals surface area contributed by atoms with Crippen LogP contribution in [0.3, 0.4) is 0 Å². The molecule has 4 bridgehead atoms. The van der Waals surface area contributed by atoms with Crippen LogP contribution in [0.25, 0.3) is 0 Å². The predicted molar refractivity (Wildman–Crippen MR) is 133 cm³/mol. The second-order valence-electron chi connectivity index (χ2n) is 10.7. The molecule has 178 valence electrons. The number of nitrogens with one attached hydrogen (secondary N) is 1. The van der Waals surface area contributed by atoms with Crippen LogP contribution in [0.2, 0.25) is 0 Å². The van der Waals surface area contributed by atoms with Gasteiger partial charge in [-0.1, -0.05) is 0 Å². The number of nitrogens with zero attached hydrogens (tertiary/aromatic N) is 1. The minimum atomic E-state index is -0.396. The highest BCUT2D eigenvalue weighted by molar-refractivity contribution is 7.19. The molecule has 1 aliphatic heterocycles. The highest BCUT2D eigenvalue weighted by atomic mass is 32.1. The number of carbonyl (C=O) groups excluding carboxylic acids is 2. The first-order chi connectivity index (χ1) is 16.4. The van der Waals surface area contributed by atoms with Crippen molar-refractivity contribution < 1.29 is 14.3 Å². The van der Waals surface area contributed by atoms with Gasteiger partial charge in [0.2, 0.25) is 0 Å². The summed E-state index contributed by atoms with van der Waals surface area (Å²) in [5.41, 5.74) is 10.1. The van der Waals surface area contributed by atoms with Crippen LogP contribution in [0, 0.1) is 23.2 Å². The molecule has 3 N–H and O–H groups in total. The summed E-state index contributed by atoms with van der Waals surface area (Å²) in [4.78, 5) is 32.0. The molecule has 0 amide bonds. The maximum atomic E-state index is 14.2. The van der Waals surface area contributed by atoms with Gasteiger partial charge in [0.15, 0.2) is 5.78 Å². The smallest absolute Gasteiger partial charge is 0.336 e. The Morgan fingerprint density at radius 2 is 1.76 bits per heavy atom. The Balaban J connectivity index is 1.45. The Labute approximate surface area is 204 Å². The molecular weight excluding hydrogens is 446 g/mol. The quantitative estimate of drug-likeness (QED) is 0.435. The van der Waals surface area contributed by atoms with Crippen molar-refractivity contribution in [2.24, 2.45) is 23.2 Å². The predicted octanol–water partition coefficient (Wildman–Crippen LogP) is 5.52. The molecule has 0 spiro atoms. The topological polar surface area (TPSA) is 94.3 Å². The number of Topliss-reactive ketones (excluding diaryl/α,β-unsaturated/α-hetero) is 1.